The van der Waals surface area contributed by atoms with Crippen molar-refractivity contribution in [2.24, 2.45) is 0 Å². The molecule has 0 fully saturated rings. The van der Waals surface area contributed by atoms with Crippen molar-refractivity contribution < 1.29 is 22.7 Å². The maximum atomic E-state index is 12.5. The lowest BCUT2D eigenvalue weighted by atomic mass is 10.1. The lowest BCUT2D eigenvalue weighted by molar-refractivity contribution is -0.128. The van der Waals surface area contributed by atoms with E-state index >= 15 is 0 Å². The SMILES string of the molecule is CCS(=O)(=O)c1ccc(NC(=O)C2Oc3ccccc3OC2C)cc1. The number of anilines is 1. The third kappa shape index (κ3) is 3.61. The van der Waals surface area contributed by atoms with Crippen LogP contribution in [0.4, 0.5) is 5.69 Å². The first-order valence-corrected chi connectivity index (χ1v) is 9.62. The zero-order valence-corrected chi connectivity index (χ0v) is 14.7. The maximum absolute atomic E-state index is 12.5. The van der Waals surface area contributed by atoms with E-state index in [1.54, 1.807) is 44.2 Å². The van der Waals surface area contributed by atoms with E-state index in [4.69, 9.17) is 9.47 Å². The summed E-state index contributed by atoms with van der Waals surface area (Å²) in [6.07, 6.45) is -1.25. The van der Waals surface area contributed by atoms with Gasteiger partial charge in [0.2, 0.25) is 6.10 Å². The van der Waals surface area contributed by atoms with E-state index in [1.807, 2.05) is 6.07 Å². The Morgan fingerprint density at radius 1 is 1.04 bits per heavy atom. The summed E-state index contributed by atoms with van der Waals surface area (Å²) in [7, 11) is -3.26. The van der Waals surface area contributed by atoms with Gasteiger partial charge in [-0.2, -0.15) is 0 Å². The molecule has 0 aliphatic carbocycles. The molecule has 1 N–H and O–H groups in total. The highest BCUT2D eigenvalue weighted by Crippen LogP contribution is 2.33. The molecule has 0 saturated carbocycles. The van der Waals surface area contributed by atoms with Gasteiger partial charge >= 0.3 is 0 Å². The highest BCUT2D eigenvalue weighted by Gasteiger charge is 2.34. The van der Waals surface area contributed by atoms with Crippen LogP contribution < -0.4 is 14.8 Å². The van der Waals surface area contributed by atoms with Gasteiger partial charge in [-0.3, -0.25) is 4.79 Å². The highest BCUT2D eigenvalue weighted by molar-refractivity contribution is 7.91. The summed E-state index contributed by atoms with van der Waals surface area (Å²) in [5, 5.41) is 2.73. The Morgan fingerprint density at radius 3 is 2.24 bits per heavy atom. The van der Waals surface area contributed by atoms with Gasteiger partial charge in [0.05, 0.1) is 10.6 Å². The van der Waals surface area contributed by atoms with Gasteiger partial charge < -0.3 is 14.8 Å². The second kappa shape index (κ2) is 6.76. The zero-order chi connectivity index (χ0) is 18.0. The summed E-state index contributed by atoms with van der Waals surface area (Å²) in [6, 6.07) is 13.2. The predicted molar refractivity (Wildman–Crippen MR) is 93.7 cm³/mol. The van der Waals surface area contributed by atoms with Gasteiger partial charge in [-0.05, 0) is 43.3 Å². The normalized spacial score (nSPS) is 19.3. The lowest BCUT2D eigenvalue weighted by Gasteiger charge is -2.31. The summed E-state index contributed by atoms with van der Waals surface area (Å²) >= 11 is 0. The molecule has 0 spiro atoms. The van der Waals surface area contributed by atoms with Crippen LogP contribution in [0.15, 0.2) is 53.4 Å². The molecule has 6 nitrogen and oxygen atoms in total. The number of hydrogen-bond donors (Lipinski definition) is 1. The lowest BCUT2D eigenvalue weighted by Crippen LogP contribution is -2.46. The fraction of sp³-hybridized carbons (Fsp3) is 0.278. The van der Waals surface area contributed by atoms with E-state index in [2.05, 4.69) is 5.32 Å². The van der Waals surface area contributed by atoms with Crippen LogP contribution in [0.1, 0.15) is 13.8 Å². The molecule has 1 amide bonds. The molecule has 1 aliphatic heterocycles. The molecule has 0 radical (unpaired) electrons. The second-order valence-corrected chi connectivity index (χ2v) is 8.00. The third-order valence-electron chi connectivity index (χ3n) is 3.96. The Labute approximate surface area is 146 Å². The fourth-order valence-corrected chi connectivity index (χ4v) is 3.42. The van der Waals surface area contributed by atoms with Crippen molar-refractivity contribution in [1.82, 2.24) is 0 Å². The van der Waals surface area contributed by atoms with Crippen LogP contribution in [-0.2, 0) is 14.6 Å². The van der Waals surface area contributed by atoms with Crippen molar-refractivity contribution in [2.45, 2.75) is 31.0 Å². The van der Waals surface area contributed by atoms with Crippen molar-refractivity contribution in [3.8, 4) is 11.5 Å². The first-order valence-electron chi connectivity index (χ1n) is 7.97. The number of carbonyl (C=O) groups is 1. The van der Waals surface area contributed by atoms with Gasteiger partial charge in [0.25, 0.3) is 5.91 Å². The summed E-state index contributed by atoms with van der Waals surface area (Å²) in [5.41, 5.74) is 0.495. The standard InChI is InChI=1S/C18H19NO5S/c1-3-25(21,22)14-10-8-13(9-11-14)19-18(20)17-12(2)23-15-6-4-5-7-16(15)24-17/h4-12,17H,3H2,1-2H3,(H,19,20). The molecule has 132 valence electrons. The Balaban J connectivity index is 1.72. The molecule has 2 atom stereocenters. The largest absolute Gasteiger partial charge is 0.482 e. The minimum Gasteiger partial charge on any atom is -0.482 e. The molecule has 0 aromatic heterocycles. The highest BCUT2D eigenvalue weighted by atomic mass is 32.2. The topological polar surface area (TPSA) is 81.7 Å². The van der Waals surface area contributed by atoms with E-state index in [0.29, 0.717) is 17.2 Å². The van der Waals surface area contributed by atoms with Crippen LogP contribution in [0.25, 0.3) is 0 Å². The first-order chi connectivity index (χ1) is 11.9. The number of amides is 1. The minimum absolute atomic E-state index is 0.0306. The quantitative estimate of drug-likeness (QED) is 0.905. The van der Waals surface area contributed by atoms with Gasteiger partial charge in [0.15, 0.2) is 21.3 Å². The van der Waals surface area contributed by atoms with Gasteiger partial charge in [-0.15, -0.1) is 0 Å². The van der Waals surface area contributed by atoms with Crippen molar-refractivity contribution >= 4 is 21.4 Å². The molecule has 2 aromatic rings. The van der Waals surface area contributed by atoms with E-state index < -0.39 is 22.0 Å². The molecule has 7 heteroatoms. The van der Waals surface area contributed by atoms with Crippen LogP contribution in [0, 0.1) is 0 Å². The number of nitrogens with one attached hydrogen (secondary N) is 1. The average molecular weight is 361 g/mol. The van der Waals surface area contributed by atoms with E-state index in [-0.39, 0.29) is 16.6 Å². The molecule has 0 saturated heterocycles. The summed E-state index contributed by atoms with van der Waals surface area (Å²) in [5.74, 6) is 0.800. The number of ether oxygens (including phenoxy) is 2. The Bertz CT molecular complexity index is 877. The monoisotopic (exact) mass is 361 g/mol. The second-order valence-electron chi connectivity index (χ2n) is 5.73. The van der Waals surface area contributed by atoms with Gasteiger partial charge in [0.1, 0.15) is 6.10 Å². The van der Waals surface area contributed by atoms with E-state index in [0.717, 1.165) is 0 Å². The van der Waals surface area contributed by atoms with Crippen LogP contribution in [0.5, 0.6) is 11.5 Å². The van der Waals surface area contributed by atoms with Crippen molar-refractivity contribution in [1.29, 1.82) is 0 Å². The summed E-state index contributed by atoms with van der Waals surface area (Å²) < 4.78 is 35.1. The average Bonchev–Trinajstić information content (AvgIpc) is 2.61. The minimum atomic E-state index is -3.26. The molecule has 25 heavy (non-hydrogen) atoms. The molecule has 0 bridgehead atoms. The number of benzene rings is 2. The Morgan fingerprint density at radius 2 is 1.64 bits per heavy atom. The molecule has 1 heterocycles. The molecular weight excluding hydrogens is 342 g/mol. The maximum Gasteiger partial charge on any atom is 0.269 e. The summed E-state index contributed by atoms with van der Waals surface area (Å²) in [6.45, 7) is 3.35. The van der Waals surface area contributed by atoms with Crippen molar-refractivity contribution in [3.63, 3.8) is 0 Å². The predicted octanol–water partition coefficient (Wildman–Crippen LogP) is 2.65. The van der Waals surface area contributed by atoms with E-state index in [1.165, 1.54) is 12.1 Å². The number of hydrogen-bond acceptors (Lipinski definition) is 5. The smallest absolute Gasteiger partial charge is 0.269 e. The Hall–Kier alpha value is -2.54. The van der Waals surface area contributed by atoms with Crippen LogP contribution in [0.2, 0.25) is 0 Å². The molecule has 2 unspecified atom stereocenters. The number of fused-ring (bicyclic) bond motifs is 1. The zero-order valence-electron chi connectivity index (χ0n) is 13.9. The van der Waals surface area contributed by atoms with Crippen LogP contribution in [-0.4, -0.2) is 32.3 Å². The molecule has 2 aromatic carbocycles. The van der Waals surface area contributed by atoms with Crippen LogP contribution >= 0.6 is 0 Å². The third-order valence-corrected chi connectivity index (χ3v) is 5.71. The van der Waals surface area contributed by atoms with E-state index in [9.17, 15) is 13.2 Å². The van der Waals surface area contributed by atoms with Crippen LogP contribution in [0.3, 0.4) is 0 Å². The first kappa shape index (κ1) is 17.3. The van der Waals surface area contributed by atoms with Crippen molar-refractivity contribution in [2.75, 3.05) is 11.1 Å². The number of sulfone groups is 1. The number of para-hydroxylation sites is 2. The van der Waals surface area contributed by atoms with Gasteiger partial charge in [0, 0.05) is 5.69 Å². The summed E-state index contributed by atoms with van der Waals surface area (Å²) in [4.78, 5) is 12.7. The molecular formula is C18H19NO5S. The number of carbonyl (C=O) groups excluding carboxylic acids is 1. The van der Waals surface area contributed by atoms with Gasteiger partial charge in [-0.25, -0.2) is 8.42 Å². The van der Waals surface area contributed by atoms with Gasteiger partial charge in [-0.1, -0.05) is 19.1 Å². The van der Waals surface area contributed by atoms with Crippen molar-refractivity contribution in [3.05, 3.63) is 48.5 Å². The fourth-order valence-electron chi connectivity index (χ4n) is 2.53. The Kier molecular flexibility index (Phi) is 4.67. The molecule has 3 rings (SSSR count). The molecule has 1 aliphatic rings. The number of rotatable bonds is 4.